The highest BCUT2D eigenvalue weighted by molar-refractivity contribution is 5.28. The number of hydrogen-bond donors (Lipinski definition) is 0. The summed E-state index contributed by atoms with van der Waals surface area (Å²) < 4.78 is 22.9. The Balaban J connectivity index is 1.71. The van der Waals surface area contributed by atoms with Crippen molar-refractivity contribution in [1.29, 1.82) is 0 Å². The third-order valence-corrected chi connectivity index (χ3v) is 3.70. The average molecular weight is 332 g/mol. The van der Waals surface area contributed by atoms with Gasteiger partial charge in [0.25, 0.3) is 0 Å². The predicted octanol–water partition coefficient (Wildman–Crippen LogP) is 4.43. The molecule has 2 rings (SSSR count). The summed E-state index contributed by atoms with van der Waals surface area (Å²) in [6, 6.07) is 8.05. The van der Waals surface area contributed by atoms with Crippen LogP contribution in [0.25, 0.3) is 0 Å². The minimum Gasteiger partial charge on any atom is -0.494 e. The molecule has 1 saturated heterocycles. The molecule has 2 atom stereocenters. The Labute approximate surface area is 145 Å². The van der Waals surface area contributed by atoms with Crippen molar-refractivity contribution < 1.29 is 18.9 Å². The normalized spacial score (nSPS) is 21.6. The first-order chi connectivity index (χ1) is 11.8. The van der Waals surface area contributed by atoms with Gasteiger partial charge in [0.05, 0.1) is 26.4 Å². The topological polar surface area (TPSA) is 36.9 Å². The number of unbranched alkanes of at least 4 members (excludes halogenated alkanes) is 1. The van der Waals surface area contributed by atoms with Gasteiger partial charge in [-0.1, -0.05) is 49.8 Å². The van der Waals surface area contributed by atoms with E-state index in [2.05, 4.69) is 6.92 Å². The van der Waals surface area contributed by atoms with Crippen LogP contribution in [-0.4, -0.2) is 32.7 Å². The summed E-state index contributed by atoms with van der Waals surface area (Å²) in [5.41, 5.74) is 1.10. The molecule has 0 bridgehead atoms. The Morgan fingerprint density at radius 3 is 2.62 bits per heavy atom. The van der Waals surface area contributed by atoms with E-state index in [1.807, 2.05) is 55.5 Å². The lowest BCUT2D eigenvalue weighted by atomic mass is 10.1. The van der Waals surface area contributed by atoms with Crippen LogP contribution in [0.5, 0.6) is 5.75 Å². The molecular formula is C20H28O4. The standard InChI is InChI=1S/C20H28O4/c1-3-5-7-8-14-22-20-16-23-19(15-24-20)17-9-11-18(12-10-17)21-13-6-4-2/h3,5,7-12,19-20H,4,6,13-16H2,1-2H3/b5-3+,8-7+/t19-,20+/m1/s1. The van der Waals surface area contributed by atoms with E-state index in [-0.39, 0.29) is 12.4 Å². The Bertz CT molecular complexity index is 499. The van der Waals surface area contributed by atoms with Gasteiger partial charge in [-0.15, -0.1) is 0 Å². The van der Waals surface area contributed by atoms with Crippen molar-refractivity contribution in [1.82, 2.24) is 0 Å². The van der Waals surface area contributed by atoms with Gasteiger partial charge < -0.3 is 18.9 Å². The minimum atomic E-state index is -0.298. The van der Waals surface area contributed by atoms with Gasteiger partial charge in [-0.2, -0.15) is 0 Å². The van der Waals surface area contributed by atoms with Crippen molar-refractivity contribution in [2.75, 3.05) is 26.4 Å². The van der Waals surface area contributed by atoms with E-state index < -0.39 is 0 Å². The van der Waals surface area contributed by atoms with Gasteiger partial charge in [0.15, 0.2) is 6.29 Å². The van der Waals surface area contributed by atoms with E-state index >= 15 is 0 Å². The number of rotatable bonds is 9. The van der Waals surface area contributed by atoms with Gasteiger partial charge >= 0.3 is 0 Å². The lowest BCUT2D eigenvalue weighted by Crippen LogP contribution is -2.33. The molecule has 4 nitrogen and oxygen atoms in total. The summed E-state index contributed by atoms with van der Waals surface area (Å²) in [5, 5.41) is 0. The first-order valence-corrected chi connectivity index (χ1v) is 8.69. The predicted molar refractivity (Wildman–Crippen MR) is 95.2 cm³/mol. The number of ether oxygens (including phenoxy) is 4. The molecule has 0 saturated carbocycles. The van der Waals surface area contributed by atoms with Gasteiger partial charge in [0.1, 0.15) is 11.9 Å². The smallest absolute Gasteiger partial charge is 0.181 e. The Kier molecular flexibility index (Phi) is 8.60. The third kappa shape index (κ3) is 6.48. The molecule has 0 radical (unpaired) electrons. The highest BCUT2D eigenvalue weighted by atomic mass is 16.7. The molecule has 0 spiro atoms. The molecule has 1 aromatic rings. The summed E-state index contributed by atoms with van der Waals surface area (Å²) in [4.78, 5) is 0. The van der Waals surface area contributed by atoms with Crippen LogP contribution in [0.3, 0.4) is 0 Å². The molecule has 0 unspecified atom stereocenters. The fourth-order valence-electron chi connectivity index (χ4n) is 2.30. The van der Waals surface area contributed by atoms with Crippen LogP contribution in [-0.2, 0) is 14.2 Å². The van der Waals surface area contributed by atoms with Crippen LogP contribution in [0, 0.1) is 0 Å². The van der Waals surface area contributed by atoms with Gasteiger partial charge in [0, 0.05) is 0 Å². The summed E-state index contributed by atoms with van der Waals surface area (Å²) in [5.74, 6) is 0.901. The largest absolute Gasteiger partial charge is 0.494 e. The number of allylic oxidation sites excluding steroid dienone is 3. The molecule has 132 valence electrons. The fourth-order valence-corrected chi connectivity index (χ4v) is 2.30. The Hall–Kier alpha value is -1.62. The first-order valence-electron chi connectivity index (χ1n) is 8.69. The molecule has 24 heavy (non-hydrogen) atoms. The average Bonchev–Trinajstić information content (AvgIpc) is 2.63. The molecule has 0 amide bonds. The molecule has 1 aliphatic heterocycles. The number of hydrogen-bond acceptors (Lipinski definition) is 4. The van der Waals surface area contributed by atoms with E-state index in [9.17, 15) is 0 Å². The Morgan fingerprint density at radius 1 is 1.12 bits per heavy atom. The minimum absolute atomic E-state index is 0.0480. The highest BCUT2D eigenvalue weighted by Crippen LogP contribution is 2.25. The molecule has 0 aromatic heterocycles. The lowest BCUT2D eigenvalue weighted by molar-refractivity contribution is -0.232. The van der Waals surface area contributed by atoms with Crippen molar-refractivity contribution in [2.45, 2.75) is 39.1 Å². The van der Waals surface area contributed by atoms with E-state index in [4.69, 9.17) is 18.9 Å². The van der Waals surface area contributed by atoms with Crippen molar-refractivity contribution in [3.63, 3.8) is 0 Å². The van der Waals surface area contributed by atoms with Crippen molar-refractivity contribution in [3.05, 3.63) is 54.1 Å². The van der Waals surface area contributed by atoms with Crippen LogP contribution in [0.4, 0.5) is 0 Å². The van der Waals surface area contributed by atoms with Gasteiger partial charge in [-0.3, -0.25) is 0 Å². The van der Waals surface area contributed by atoms with E-state index in [1.54, 1.807) is 0 Å². The molecule has 1 fully saturated rings. The van der Waals surface area contributed by atoms with Crippen LogP contribution in [0.15, 0.2) is 48.6 Å². The monoisotopic (exact) mass is 332 g/mol. The van der Waals surface area contributed by atoms with Gasteiger partial charge in [-0.25, -0.2) is 0 Å². The van der Waals surface area contributed by atoms with Crippen LogP contribution >= 0.6 is 0 Å². The quantitative estimate of drug-likeness (QED) is 0.495. The van der Waals surface area contributed by atoms with E-state index in [0.717, 1.165) is 30.8 Å². The van der Waals surface area contributed by atoms with Crippen molar-refractivity contribution >= 4 is 0 Å². The summed E-state index contributed by atoms with van der Waals surface area (Å²) in [7, 11) is 0. The van der Waals surface area contributed by atoms with Crippen LogP contribution < -0.4 is 4.74 Å². The second-order valence-electron chi connectivity index (χ2n) is 5.64. The first kappa shape index (κ1) is 18.7. The van der Waals surface area contributed by atoms with Crippen molar-refractivity contribution in [3.8, 4) is 5.75 Å². The second kappa shape index (κ2) is 11.0. The van der Waals surface area contributed by atoms with E-state index in [1.165, 1.54) is 0 Å². The molecule has 1 aliphatic rings. The van der Waals surface area contributed by atoms with Crippen LogP contribution in [0.2, 0.25) is 0 Å². The molecule has 1 heterocycles. The Morgan fingerprint density at radius 2 is 1.96 bits per heavy atom. The number of benzene rings is 1. The van der Waals surface area contributed by atoms with E-state index in [0.29, 0.717) is 19.8 Å². The summed E-state index contributed by atoms with van der Waals surface area (Å²) in [6.07, 6.45) is 9.71. The lowest BCUT2D eigenvalue weighted by Gasteiger charge is -2.29. The molecular weight excluding hydrogens is 304 g/mol. The zero-order chi connectivity index (χ0) is 17.0. The maximum atomic E-state index is 5.86. The third-order valence-electron chi connectivity index (χ3n) is 3.70. The van der Waals surface area contributed by atoms with Gasteiger partial charge in [0.2, 0.25) is 0 Å². The maximum Gasteiger partial charge on any atom is 0.181 e. The van der Waals surface area contributed by atoms with Gasteiger partial charge in [-0.05, 0) is 31.0 Å². The molecule has 1 aromatic carbocycles. The zero-order valence-electron chi connectivity index (χ0n) is 14.6. The van der Waals surface area contributed by atoms with Crippen molar-refractivity contribution in [2.24, 2.45) is 0 Å². The maximum absolute atomic E-state index is 5.86. The molecule has 4 heteroatoms. The summed E-state index contributed by atoms with van der Waals surface area (Å²) in [6.45, 7) is 6.36. The second-order valence-corrected chi connectivity index (χ2v) is 5.64. The molecule has 0 N–H and O–H groups in total. The molecule has 0 aliphatic carbocycles. The SMILES string of the molecule is C/C=C/C=C/CO[C@@H]1CO[C@@H](c2ccc(OCCCC)cc2)CO1. The fraction of sp³-hybridized carbons (Fsp3) is 0.500. The van der Waals surface area contributed by atoms with Crippen LogP contribution in [0.1, 0.15) is 38.4 Å². The zero-order valence-corrected chi connectivity index (χ0v) is 14.6. The highest BCUT2D eigenvalue weighted by Gasteiger charge is 2.23. The summed E-state index contributed by atoms with van der Waals surface area (Å²) >= 11 is 0.